The normalized spacial score (nSPS) is 11.8. The first-order chi connectivity index (χ1) is 9.95. The molecule has 8 heteroatoms. The average molecular weight is 310 g/mol. The van der Waals surface area contributed by atoms with Crippen molar-refractivity contribution >= 4 is 10.0 Å². The number of aromatic nitrogens is 3. The van der Waals surface area contributed by atoms with Crippen LogP contribution >= 0.6 is 0 Å². The number of sulfonamides is 1. The molecule has 0 saturated heterocycles. The molecule has 114 valence electrons. The van der Waals surface area contributed by atoms with Crippen LogP contribution in [0.2, 0.25) is 0 Å². The Balaban J connectivity index is 2.24. The Morgan fingerprint density at radius 3 is 2.71 bits per heavy atom. The van der Waals surface area contributed by atoms with Gasteiger partial charge in [-0.2, -0.15) is 5.10 Å². The molecule has 7 nitrogen and oxygen atoms in total. The van der Waals surface area contributed by atoms with Crippen molar-refractivity contribution in [3.63, 3.8) is 0 Å². The molecule has 2 rings (SSSR count). The van der Waals surface area contributed by atoms with Gasteiger partial charge in [-0.05, 0) is 26.0 Å². The third-order valence-electron chi connectivity index (χ3n) is 3.07. The predicted octanol–water partition coefficient (Wildman–Crippen LogP) is 0.366. The zero-order valence-electron chi connectivity index (χ0n) is 11.9. The highest BCUT2D eigenvalue weighted by Crippen LogP contribution is 2.19. The van der Waals surface area contributed by atoms with Crippen LogP contribution in [0.15, 0.2) is 29.3 Å². The van der Waals surface area contributed by atoms with Gasteiger partial charge in [-0.15, -0.1) is 0 Å². The smallest absolute Gasteiger partial charge is 0.244 e. The van der Waals surface area contributed by atoms with Gasteiger partial charge in [0.1, 0.15) is 4.90 Å². The quantitative estimate of drug-likeness (QED) is 0.803. The molecule has 0 unspecified atom stereocenters. The number of aliphatic hydroxyl groups is 1. The maximum atomic E-state index is 12.4. The van der Waals surface area contributed by atoms with Crippen molar-refractivity contribution in [2.75, 3.05) is 6.61 Å². The fourth-order valence-electron chi connectivity index (χ4n) is 2.13. The molecule has 2 aromatic heterocycles. The summed E-state index contributed by atoms with van der Waals surface area (Å²) in [6, 6.07) is 5.31. The number of pyridine rings is 1. The first-order valence-corrected chi connectivity index (χ1v) is 7.98. The summed E-state index contributed by atoms with van der Waals surface area (Å²) in [6.07, 6.45) is 1.61. The van der Waals surface area contributed by atoms with E-state index >= 15 is 0 Å². The fourth-order valence-corrected chi connectivity index (χ4v) is 3.53. The zero-order chi connectivity index (χ0) is 15.5. The van der Waals surface area contributed by atoms with Crippen molar-refractivity contribution in [1.29, 1.82) is 0 Å². The van der Waals surface area contributed by atoms with E-state index in [-0.39, 0.29) is 24.6 Å². The van der Waals surface area contributed by atoms with Crippen molar-refractivity contribution < 1.29 is 13.5 Å². The minimum Gasteiger partial charge on any atom is -0.394 e. The molecule has 0 atom stereocenters. The van der Waals surface area contributed by atoms with Crippen LogP contribution in [0.1, 0.15) is 17.1 Å². The van der Waals surface area contributed by atoms with Crippen LogP contribution in [0.5, 0.6) is 0 Å². The minimum atomic E-state index is -3.67. The van der Waals surface area contributed by atoms with Crippen LogP contribution in [0, 0.1) is 13.8 Å². The Bertz CT molecular complexity index is 711. The van der Waals surface area contributed by atoms with E-state index in [2.05, 4.69) is 14.8 Å². The lowest BCUT2D eigenvalue weighted by Gasteiger charge is -2.07. The molecule has 0 radical (unpaired) electrons. The van der Waals surface area contributed by atoms with Crippen molar-refractivity contribution in [3.8, 4) is 0 Å². The molecule has 0 aromatic carbocycles. The van der Waals surface area contributed by atoms with Gasteiger partial charge < -0.3 is 5.11 Å². The van der Waals surface area contributed by atoms with Crippen molar-refractivity contribution in [2.45, 2.75) is 31.8 Å². The highest BCUT2D eigenvalue weighted by Gasteiger charge is 2.24. The van der Waals surface area contributed by atoms with Crippen LogP contribution in [-0.2, 0) is 23.1 Å². The molecule has 0 aliphatic rings. The van der Waals surface area contributed by atoms with Gasteiger partial charge in [-0.25, -0.2) is 13.1 Å². The van der Waals surface area contributed by atoms with E-state index in [1.54, 1.807) is 38.2 Å². The number of hydrogen-bond acceptors (Lipinski definition) is 5. The van der Waals surface area contributed by atoms with Gasteiger partial charge in [0.25, 0.3) is 0 Å². The standard InChI is InChI=1S/C13H18N4O3S/c1-10-13(11(2)17(16-10)7-8-18)21(19,20)15-9-12-5-3-4-6-14-12/h3-6,15,18H,7-9H2,1-2H3. The molecule has 2 aromatic rings. The number of hydrogen-bond donors (Lipinski definition) is 2. The third kappa shape index (κ3) is 3.46. The maximum Gasteiger partial charge on any atom is 0.244 e. The highest BCUT2D eigenvalue weighted by molar-refractivity contribution is 7.89. The summed E-state index contributed by atoms with van der Waals surface area (Å²) in [4.78, 5) is 4.23. The molecule has 0 aliphatic carbocycles. The monoisotopic (exact) mass is 310 g/mol. The molecule has 21 heavy (non-hydrogen) atoms. The first kappa shape index (κ1) is 15.6. The van der Waals surface area contributed by atoms with Gasteiger partial charge >= 0.3 is 0 Å². The Labute approximate surface area is 123 Å². The van der Waals surface area contributed by atoms with Crippen LogP contribution in [0.3, 0.4) is 0 Å². The Hall–Kier alpha value is -1.77. The molecule has 2 N–H and O–H groups in total. The number of aryl methyl sites for hydroxylation is 1. The summed E-state index contributed by atoms with van der Waals surface area (Å²) in [5.41, 5.74) is 1.56. The third-order valence-corrected chi connectivity index (χ3v) is 4.72. The molecular formula is C13H18N4O3S. The predicted molar refractivity (Wildman–Crippen MR) is 77.0 cm³/mol. The number of aliphatic hydroxyl groups excluding tert-OH is 1. The maximum absolute atomic E-state index is 12.4. The highest BCUT2D eigenvalue weighted by atomic mass is 32.2. The summed E-state index contributed by atoms with van der Waals surface area (Å²) >= 11 is 0. The summed E-state index contributed by atoms with van der Waals surface area (Å²) in [6.45, 7) is 3.60. The summed E-state index contributed by atoms with van der Waals surface area (Å²) in [5, 5.41) is 13.1. The lowest BCUT2D eigenvalue weighted by atomic mass is 10.4. The van der Waals surface area contributed by atoms with E-state index in [1.807, 2.05) is 0 Å². The summed E-state index contributed by atoms with van der Waals surface area (Å²) in [7, 11) is -3.67. The van der Waals surface area contributed by atoms with E-state index in [4.69, 9.17) is 5.11 Å². The van der Waals surface area contributed by atoms with Gasteiger partial charge in [-0.1, -0.05) is 6.07 Å². The van der Waals surface area contributed by atoms with E-state index in [1.165, 1.54) is 4.68 Å². The van der Waals surface area contributed by atoms with E-state index < -0.39 is 10.0 Å². The summed E-state index contributed by atoms with van der Waals surface area (Å²) < 4.78 is 28.8. The van der Waals surface area contributed by atoms with Gasteiger partial charge in [0.15, 0.2) is 0 Å². The van der Waals surface area contributed by atoms with E-state index in [0.717, 1.165) is 0 Å². The molecule has 0 bridgehead atoms. The Kier molecular flexibility index (Phi) is 4.71. The molecule has 0 fully saturated rings. The van der Waals surface area contributed by atoms with Gasteiger partial charge in [0, 0.05) is 6.20 Å². The zero-order valence-corrected chi connectivity index (χ0v) is 12.8. The SMILES string of the molecule is Cc1nn(CCO)c(C)c1S(=O)(=O)NCc1ccccn1. The molecule has 0 aliphatic heterocycles. The second-order valence-electron chi connectivity index (χ2n) is 4.59. The minimum absolute atomic E-state index is 0.0944. The number of nitrogens with zero attached hydrogens (tertiary/aromatic N) is 3. The van der Waals surface area contributed by atoms with Crippen molar-refractivity contribution in [2.24, 2.45) is 0 Å². The number of rotatable bonds is 6. The summed E-state index contributed by atoms with van der Waals surface area (Å²) in [5.74, 6) is 0. The van der Waals surface area contributed by atoms with Crippen LogP contribution in [-0.4, -0.2) is 34.9 Å². The van der Waals surface area contributed by atoms with Gasteiger partial charge in [0.2, 0.25) is 10.0 Å². The average Bonchev–Trinajstić information content (AvgIpc) is 2.73. The molecule has 0 amide bonds. The molecule has 0 spiro atoms. The van der Waals surface area contributed by atoms with Crippen LogP contribution < -0.4 is 4.72 Å². The lowest BCUT2D eigenvalue weighted by molar-refractivity contribution is 0.267. The van der Waals surface area contributed by atoms with Gasteiger partial charge in [0.05, 0.1) is 36.8 Å². The molecule has 2 heterocycles. The molecular weight excluding hydrogens is 292 g/mol. The van der Waals surface area contributed by atoms with E-state index in [0.29, 0.717) is 17.1 Å². The Morgan fingerprint density at radius 2 is 2.10 bits per heavy atom. The number of nitrogens with one attached hydrogen (secondary N) is 1. The first-order valence-electron chi connectivity index (χ1n) is 6.50. The molecule has 0 saturated carbocycles. The lowest BCUT2D eigenvalue weighted by Crippen LogP contribution is -2.24. The fraction of sp³-hybridized carbons (Fsp3) is 0.385. The van der Waals surface area contributed by atoms with Crippen LogP contribution in [0.4, 0.5) is 0 Å². The topological polar surface area (TPSA) is 97.1 Å². The van der Waals surface area contributed by atoms with Gasteiger partial charge in [-0.3, -0.25) is 9.67 Å². The van der Waals surface area contributed by atoms with Crippen molar-refractivity contribution in [1.82, 2.24) is 19.5 Å². The Morgan fingerprint density at radius 1 is 1.33 bits per heavy atom. The van der Waals surface area contributed by atoms with Crippen molar-refractivity contribution in [3.05, 3.63) is 41.5 Å². The largest absolute Gasteiger partial charge is 0.394 e. The second kappa shape index (κ2) is 6.33. The van der Waals surface area contributed by atoms with Crippen LogP contribution in [0.25, 0.3) is 0 Å². The van der Waals surface area contributed by atoms with E-state index in [9.17, 15) is 8.42 Å². The second-order valence-corrected chi connectivity index (χ2v) is 6.30.